The van der Waals surface area contributed by atoms with Gasteiger partial charge >= 0.3 is 11.7 Å². The number of aromatic nitrogens is 3. The number of carboxylic acid groups (broad SMARTS) is 1. The van der Waals surface area contributed by atoms with Gasteiger partial charge in [0.1, 0.15) is 12.2 Å². The summed E-state index contributed by atoms with van der Waals surface area (Å²) >= 11 is 0. The van der Waals surface area contributed by atoms with Crippen molar-refractivity contribution in [2.45, 2.75) is 6.42 Å². The van der Waals surface area contributed by atoms with E-state index in [0.717, 1.165) is 10.6 Å². The summed E-state index contributed by atoms with van der Waals surface area (Å²) in [5.41, 5.74) is -0.335. The highest BCUT2D eigenvalue weighted by Gasteiger charge is 2.15. The summed E-state index contributed by atoms with van der Waals surface area (Å²) in [5.74, 6) is -1.74. The molecule has 0 aliphatic carbocycles. The first-order valence-electron chi connectivity index (χ1n) is 5.25. The summed E-state index contributed by atoms with van der Waals surface area (Å²) in [6.07, 6.45) is -0.432. The van der Waals surface area contributed by atoms with E-state index in [9.17, 15) is 14.0 Å². The number of halogens is 1. The molecule has 0 amide bonds. The number of benzene rings is 1. The lowest BCUT2D eigenvalue weighted by Crippen LogP contribution is -2.18. The molecule has 8 heteroatoms. The van der Waals surface area contributed by atoms with Crippen LogP contribution in [0.4, 0.5) is 4.39 Å². The van der Waals surface area contributed by atoms with Crippen LogP contribution in [-0.2, 0) is 11.2 Å². The van der Waals surface area contributed by atoms with Crippen molar-refractivity contribution in [1.29, 1.82) is 0 Å². The first kappa shape index (κ1) is 12.8. The standard InChI is InChI=1S/C11H10FN3O4/c1-19-8-4-6(2-3-7(8)12)15-9(5-10(16)17)13-14-11(15)18/h2-4H,5H2,1H3,(H,14,18)(H,16,17). The second kappa shape index (κ2) is 4.92. The lowest BCUT2D eigenvalue weighted by atomic mass is 10.2. The SMILES string of the molecule is COc1cc(-n2c(CC(=O)O)n[nH]c2=O)ccc1F. The Bertz CT molecular complexity index is 677. The van der Waals surface area contributed by atoms with Crippen molar-refractivity contribution in [1.82, 2.24) is 14.8 Å². The second-order valence-corrected chi connectivity index (χ2v) is 3.67. The van der Waals surface area contributed by atoms with Gasteiger partial charge in [-0.2, -0.15) is 5.10 Å². The molecule has 2 rings (SSSR count). The van der Waals surface area contributed by atoms with Crippen molar-refractivity contribution in [3.8, 4) is 11.4 Å². The minimum atomic E-state index is -1.13. The molecular weight excluding hydrogens is 257 g/mol. The summed E-state index contributed by atoms with van der Waals surface area (Å²) in [5, 5.41) is 14.5. The maximum atomic E-state index is 13.3. The van der Waals surface area contributed by atoms with Crippen molar-refractivity contribution in [3.63, 3.8) is 0 Å². The number of aromatic amines is 1. The Labute approximate surface area is 106 Å². The molecule has 100 valence electrons. The number of carboxylic acids is 1. The quantitative estimate of drug-likeness (QED) is 0.832. The number of hydrogen-bond donors (Lipinski definition) is 2. The summed E-state index contributed by atoms with van der Waals surface area (Å²) in [6.45, 7) is 0. The molecule has 0 radical (unpaired) electrons. The van der Waals surface area contributed by atoms with E-state index < -0.39 is 23.9 Å². The Balaban J connectivity index is 2.55. The fourth-order valence-corrected chi connectivity index (χ4v) is 1.64. The molecule has 2 aromatic rings. The van der Waals surface area contributed by atoms with E-state index in [1.807, 2.05) is 0 Å². The Morgan fingerprint density at radius 1 is 1.58 bits per heavy atom. The van der Waals surface area contributed by atoms with Gasteiger partial charge < -0.3 is 9.84 Å². The van der Waals surface area contributed by atoms with Gasteiger partial charge in [-0.15, -0.1) is 0 Å². The fourth-order valence-electron chi connectivity index (χ4n) is 1.64. The van der Waals surface area contributed by atoms with Crippen LogP contribution in [0.15, 0.2) is 23.0 Å². The van der Waals surface area contributed by atoms with Gasteiger partial charge in [-0.1, -0.05) is 0 Å². The molecule has 0 atom stereocenters. The van der Waals surface area contributed by atoms with E-state index in [1.54, 1.807) is 0 Å². The highest BCUT2D eigenvalue weighted by atomic mass is 19.1. The van der Waals surface area contributed by atoms with Crippen LogP contribution in [0, 0.1) is 5.82 Å². The smallest absolute Gasteiger partial charge is 0.347 e. The molecule has 0 saturated heterocycles. The topological polar surface area (TPSA) is 97.2 Å². The molecule has 0 fully saturated rings. The van der Waals surface area contributed by atoms with Gasteiger partial charge in [0, 0.05) is 6.07 Å². The lowest BCUT2D eigenvalue weighted by molar-refractivity contribution is -0.136. The molecule has 19 heavy (non-hydrogen) atoms. The van der Waals surface area contributed by atoms with Gasteiger partial charge in [-0.25, -0.2) is 18.9 Å². The van der Waals surface area contributed by atoms with Gasteiger partial charge in [0.05, 0.1) is 12.8 Å². The van der Waals surface area contributed by atoms with E-state index in [2.05, 4.69) is 10.2 Å². The van der Waals surface area contributed by atoms with E-state index in [4.69, 9.17) is 9.84 Å². The first-order valence-corrected chi connectivity index (χ1v) is 5.25. The van der Waals surface area contributed by atoms with Gasteiger partial charge in [0.2, 0.25) is 0 Å². The van der Waals surface area contributed by atoms with Crippen molar-refractivity contribution in [3.05, 3.63) is 40.3 Å². The van der Waals surface area contributed by atoms with Crippen LogP contribution >= 0.6 is 0 Å². The van der Waals surface area contributed by atoms with Crippen LogP contribution in [0.2, 0.25) is 0 Å². The minimum absolute atomic E-state index is 0.0196. The van der Waals surface area contributed by atoms with E-state index >= 15 is 0 Å². The van der Waals surface area contributed by atoms with Crippen LogP contribution in [-0.4, -0.2) is 33.0 Å². The van der Waals surface area contributed by atoms with Gasteiger partial charge in [-0.05, 0) is 12.1 Å². The summed E-state index contributed by atoms with van der Waals surface area (Å²) in [6, 6.07) is 3.75. The van der Waals surface area contributed by atoms with Crippen LogP contribution < -0.4 is 10.4 Å². The average Bonchev–Trinajstić information content (AvgIpc) is 2.71. The third-order valence-electron chi connectivity index (χ3n) is 2.44. The molecule has 0 aliphatic rings. The summed E-state index contributed by atoms with van der Waals surface area (Å²) < 4.78 is 19.2. The number of aliphatic carboxylic acids is 1. The monoisotopic (exact) mass is 267 g/mol. The molecule has 0 spiro atoms. The Morgan fingerprint density at radius 3 is 2.95 bits per heavy atom. The number of methoxy groups -OCH3 is 1. The van der Waals surface area contributed by atoms with Crippen LogP contribution in [0.25, 0.3) is 5.69 Å². The molecule has 1 aromatic heterocycles. The van der Waals surface area contributed by atoms with Crippen molar-refractivity contribution in [2.24, 2.45) is 0 Å². The number of H-pyrrole nitrogens is 1. The predicted molar refractivity (Wildman–Crippen MR) is 62.0 cm³/mol. The Kier molecular flexibility index (Phi) is 3.32. The molecule has 7 nitrogen and oxygen atoms in total. The van der Waals surface area contributed by atoms with Crippen molar-refractivity contribution < 1.29 is 19.0 Å². The predicted octanol–water partition coefficient (Wildman–Crippen LogP) is 0.335. The van der Waals surface area contributed by atoms with Crippen LogP contribution in [0.3, 0.4) is 0 Å². The highest BCUT2D eigenvalue weighted by Crippen LogP contribution is 2.20. The molecule has 0 bridgehead atoms. The molecule has 1 aromatic carbocycles. The largest absolute Gasteiger partial charge is 0.494 e. The summed E-state index contributed by atoms with van der Waals surface area (Å²) in [4.78, 5) is 22.3. The summed E-state index contributed by atoms with van der Waals surface area (Å²) in [7, 11) is 1.29. The molecular formula is C11H10FN3O4. The zero-order chi connectivity index (χ0) is 14.0. The molecule has 2 N–H and O–H groups in total. The van der Waals surface area contributed by atoms with Gasteiger partial charge in [0.15, 0.2) is 11.6 Å². The lowest BCUT2D eigenvalue weighted by Gasteiger charge is -2.07. The Hall–Kier alpha value is -2.64. The average molecular weight is 267 g/mol. The van der Waals surface area contributed by atoms with Gasteiger partial charge in [-0.3, -0.25) is 4.79 Å². The fraction of sp³-hybridized carbons (Fsp3) is 0.182. The molecule has 0 aliphatic heterocycles. The highest BCUT2D eigenvalue weighted by molar-refractivity contribution is 5.69. The van der Waals surface area contributed by atoms with Crippen molar-refractivity contribution >= 4 is 5.97 Å². The minimum Gasteiger partial charge on any atom is -0.494 e. The number of ether oxygens (including phenoxy) is 1. The van der Waals surface area contributed by atoms with Crippen LogP contribution in [0.1, 0.15) is 5.82 Å². The zero-order valence-corrected chi connectivity index (χ0v) is 9.88. The normalized spacial score (nSPS) is 10.4. The second-order valence-electron chi connectivity index (χ2n) is 3.67. The zero-order valence-electron chi connectivity index (χ0n) is 9.88. The number of nitrogens with zero attached hydrogens (tertiary/aromatic N) is 2. The third-order valence-corrected chi connectivity index (χ3v) is 2.44. The van der Waals surface area contributed by atoms with E-state index in [1.165, 1.54) is 19.2 Å². The maximum absolute atomic E-state index is 13.3. The number of rotatable bonds is 4. The van der Waals surface area contributed by atoms with Crippen molar-refractivity contribution in [2.75, 3.05) is 7.11 Å². The van der Waals surface area contributed by atoms with E-state index in [0.29, 0.717) is 0 Å². The Morgan fingerprint density at radius 2 is 2.32 bits per heavy atom. The van der Waals surface area contributed by atoms with Crippen LogP contribution in [0.5, 0.6) is 5.75 Å². The third kappa shape index (κ3) is 2.46. The number of carbonyl (C=O) groups is 1. The van der Waals surface area contributed by atoms with E-state index in [-0.39, 0.29) is 17.3 Å². The number of nitrogens with one attached hydrogen (secondary N) is 1. The first-order chi connectivity index (χ1) is 9.02. The molecule has 0 unspecified atom stereocenters. The molecule has 1 heterocycles. The van der Waals surface area contributed by atoms with Gasteiger partial charge in [0.25, 0.3) is 0 Å². The number of hydrogen-bond acceptors (Lipinski definition) is 4. The molecule has 0 saturated carbocycles. The maximum Gasteiger partial charge on any atom is 0.347 e.